The molecule has 0 aliphatic carbocycles. The Kier molecular flexibility index (Phi) is 4.74. The van der Waals surface area contributed by atoms with Crippen LogP contribution in [0.2, 0.25) is 0 Å². The molecule has 0 aromatic heterocycles. The van der Waals surface area contributed by atoms with Gasteiger partial charge in [0.15, 0.2) is 17.9 Å². The van der Waals surface area contributed by atoms with Crippen LogP contribution in [0.4, 0.5) is 0 Å². The fraction of sp³-hybridized carbons (Fsp3) is 1.00. The van der Waals surface area contributed by atoms with Gasteiger partial charge in [0.1, 0.15) is 24.4 Å². The first-order chi connectivity index (χ1) is 10.7. The fourth-order valence-electron chi connectivity index (χ4n) is 3.24. The molecule has 0 aromatic carbocycles. The van der Waals surface area contributed by atoms with Crippen LogP contribution in [0.5, 0.6) is 0 Å². The largest absolute Gasteiger partial charge is 0.371 e. The number of fused-ring (bicyclic) bond motifs is 1. The summed E-state index contributed by atoms with van der Waals surface area (Å²) in [6.07, 6.45) is -1.35. The van der Waals surface area contributed by atoms with Crippen molar-refractivity contribution in [3.05, 3.63) is 0 Å². The van der Waals surface area contributed by atoms with Gasteiger partial charge in [-0.15, -0.1) is 0 Å². The lowest BCUT2D eigenvalue weighted by Gasteiger charge is -2.29. The smallest absolute Gasteiger partial charge is 0.190 e. The monoisotopic (exact) mass is 331 g/mol. The maximum Gasteiger partial charge on any atom is 0.190 e. The Bertz CT molecular complexity index is 427. The van der Waals surface area contributed by atoms with Crippen LogP contribution in [-0.2, 0) is 28.4 Å². The molecule has 0 saturated carbocycles. The van der Waals surface area contributed by atoms with Crippen LogP contribution >= 0.6 is 0 Å². The molecular weight excluding hydrogens is 302 g/mol. The summed E-state index contributed by atoms with van der Waals surface area (Å²) >= 11 is 0. The van der Waals surface area contributed by atoms with Gasteiger partial charge in [0.05, 0.1) is 13.2 Å². The first-order valence-electron chi connectivity index (χ1n) is 8.26. The Morgan fingerprint density at radius 1 is 1.00 bits per heavy atom. The predicted molar refractivity (Wildman–Crippen MR) is 81.9 cm³/mol. The average molecular weight is 331 g/mol. The van der Waals surface area contributed by atoms with E-state index in [-0.39, 0.29) is 24.4 Å². The Labute approximate surface area is 138 Å². The minimum atomic E-state index is -0.657. The van der Waals surface area contributed by atoms with Gasteiger partial charge in [-0.1, -0.05) is 0 Å². The molecule has 7 heteroatoms. The zero-order chi connectivity index (χ0) is 16.8. The normalized spacial score (nSPS) is 41.6. The summed E-state index contributed by atoms with van der Waals surface area (Å²) < 4.78 is 35.7. The second-order valence-electron chi connectivity index (χ2n) is 7.58. The van der Waals surface area contributed by atoms with Crippen LogP contribution in [-0.4, -0.2) is 81.0 Å². The van der Waals surface area contributed by atoms with E-state index in [0.29, 0.717) is 13.2 Å². The minimum Gasteiger partial charge on any atom is -0.371 e. The van der Waals surface area contributed by atoms with Crippen LogP contribution in [0.15, 0.2) is 0 Å². The molecule has 0 radical (unpaired) electrons. The molecule has 3 heterocycles. The van der Waals surface area contributed by atoms with Crippen molar-refractivity contribution in [3.8, 4) is 0 Å². The van der Waals surface area contributed by atoms with E-state index in [1.54, 1.807) is 0 Å². The minimum absolute atomic E-state index is 0.185. The molecular formula is C16H29NO6. The molecule has 3 rings (SSSR count). The number of nitrogens with zero attached hydrogens (tertiary/aromatic N) is 1. The average Bonchev–Trinajstić information content (AvgIpc) is 3.00. The maximum absolute atomic E-state index is 6.11. The lowest BCUT2D eigenvalue weighted by Crippen LogP contribution is -2.44. The Morgan fingerprint density at radius 2 is 1.74 bits per heavy atom. The van der Waals surface area contributed by atoms with Gasteiger partial charge in [-0.2, -0.15) is 0 Å². The number of likely N-dealkylation sites (N-methyl/N-ethyl adjacent to an activating group) is 1. The highest BCUT2D eigenvalue weighted by Gasteiger charge is 2.58. The van der Waals surface area contributed by atoms with Crippen LogP contribution in [0.1, 0.15) is 27.7 Å². The van der Waals surface area contributed by atoms with E-state index in [4.69, 9.17) is 28.4 Å². The number of hydrogen-bond acceptors (Lipinski definition) is 7. The van der Waals surface area contributed by atoms with Gasteiger partial charge in [-0.3, -0.25) is 0 Å². The van der Waals surface area contributed by atoms with Crippen molar-refractivity contribution in [1.82, 2.24) is 4.90 Å². The molecule has 0 aromatic rings. The lowest BCUT2D eigenvalue weighted by atomic mass is 10.1. The third kappa shape index (κ3) is 3.87. The standard InChI is InChI=1S/C16H29NO6/c1-15(2)19-9-10(21-15)11-12(18-8-7-17(5)6)13-14(20-11)23-16(3,4)22-13/h10-14H,7-9H2,1-6H3/t10-,11-,12+,13-,14-/m1/s1. The molecule has 134 valence electrons. The van der Waals surface area contributed by atoms with E-state index in [1.165, 1.54) is 0 Å². The highest BCUT2D eigenvalue weighted by atomic mass is 16.8. The Balaban J connectivity index is 1.68. The van der Waals surface area contributed by atoms with Gasteiger partial charge in [0, 0.05) is 6.54 Å². The number of hydrogen-bond donors (Lipinski definition) is 0. The zero-order valence-electron chi connectivity index (χ0n) is 14.9. The highest BCUT2D eigenvalue weighted by Crippen LogP contribution is 2.41. The van der Waals surface area contributed by atoms with Gasteiger partial charge in [-0.25, -0.2) is 0 Å². The van der Waals surface area contributed by atoms with Gasteiger partial charge < -0.3 is 33.3 Å². The highest BCUT2D eigenvalue weighted by molar-refractivity contribution is 4.98. The third-order valence-electron chi connectivity index (χ3n) is 4.27. The third-order valence-corrected chi connectivity index (χ3v) is 4.27. The summed E-state index contributed by atoms with van der Waals surface area (Å²) in [4.78, 5) is 2.08. The molecule has 0 amide bonds. The van der Waals surface area contributed by atoms with E-state index >= 15 is 0 Å². The number of ether oxygens (including phenoxy) is 6. The van der Waals surface area contributed by atoms with Crippen LogP contribution < -0.4 is 0 Å². The van der Waals surface area contributed by atoms with E-state index in [2.05, 4.69) is 4.90 Å². The number of rotatable bonds is 5. The molecule has 0 unspecified atom stereocenters. The topological polar surface area (TPSA) is 58.6 Å². The summed E-state index contributed by atoms with van der Waals surface area (Å²) in [5.41, 5.74) is 0. The second-order valence-corrected chi connectivity index (χ2v) is 7.58. The first kappa shape index (κ1) is 17.5. The van der Waals surface area contributed by atoms with Crippen LogP contribution in [0.25, 0.3) is 0 Å². The summed E-state index contributed by atoms with van der Waals surface area (Å²) in [6, 6.07) is 0. The van der Waals surface area contributed by atoms with E-state index in [0.717, 1.165) is 6.54 Å². The molecule has 0 spiro atoms. The molecule has 5 atom stereocenters. The van der Waals surface area contributed by atoms with Crippen LogP contribution in [0.3, 0.4) is 0 Å². The van der Waals surface area contributed by atoms with Crippen molar-refractivity contribution in [2.45, 2.75) is 70.0 Å². The van der Waals surface area contributed by atoms with E-state index in [1.807, 2.05) is 41.8 Å². The van der Waals surface area contributed by atoms with Gasteiger partial charge in [0.25, 0.3) is 0 Å². The first-order valence-corrected chi connectivity index (χ1v) is 8.26. The lowest BCUT2D eigenvalue weighted by molar-refractivity contribution is -0.236. The Morgan fingerprint density at radius 3 is 2.35 bits per heavy atom. The van der Waals surface area contributed by atoms with Crippen molar-refractivity contribution in [2.75, 3.05) is 33.9 Å². The Hall–Kier alpha value is -0.280. The maximum atomic E-state index is 6.11. The quantitative estimate of drug-likeness (QED) is 0.744. The van der Waals surface area contributed by atoms with E-state index < -0.39 is 17.9 Å². The molecule has 0 N–H and O–H groups in total. The molecule has 3 aliphatic rings. The summed E-state index contributed by atoms with van der Waals surface area (Å²) in [6.45, 7) is 9.49. The summed E-state index contributed by atoms with van der Waals surface area (Å²) in [5.74, 6) is -1.25. The van der Waals surface area contributed by atoms with Crippen molar-refractivity contribution in [2.24, 2.45) is 0 Å². The predicted octanol–water partition coefficient (Wildman–Crippen LogP) is 0.961. The molecule has 7 nitrogen and oxygen atoms in total. The van der Waals surface area contributed by atoms with Gasteiger partial charge in [0.2, 0.25) is 0 Å². The molecule has 3 aliphatic heterocycles. The molecule has 3 fully saturated rings. The van der Waals surface area contributed by atoms with Crippen molar-refractivity contribution < 1.29 is 28.4 Å². The fourth-order valence-corrected chi connectivity index (χ4v) is 3.24. The SMILES string of the molecule is CN(C)CCO[C@@H]1[C@H]2OC(C)(C)O[C@H]2O[C@@H]1[C@H]1COC(C)(C)O1. The van der Waals surface area contributed by atoms with Gasteiger partial charge >= 0.3 is 0 Å². The summed E-state index contributed by atoms with van der Waals surface area (Å²) in [7, 11) is 4.03. The van der Waals surface area contributed by atoms with Gasteiger partial charge in [-0.05, 0) is 41.8 Å². The van der Waals surface area contributed by atoms with E-state index in [9.17, 15) is 0 Å². The molecule has 3 saturated heterocycles. The van der Waals surface area contributed by atoms with Crippen molar-refractivity contribution in [3.63, 3.8) is 0 Å². The van der Waals surface area contributed by atoms with Crippen molar-refractivity contribution >= 4 is 0 Å². The molecule has 23 heavy (non-hydrogen) atoms. The van der Waals surface area contributed by atoms with Crippen LogP contribution in [0, 0.1) is 0 Å². The van der Waals surface area contributed by atoms with Crippen molar-refractivity contribution in [1.29, 1.82) is 0 Å². The zero-order valence-corrected chi connectivity index (χ0v) is 14.9. The molecule has 0 bridgehead atoms. The second kappa shape index (κ2) is 6.22. The summed E-state index contributed by atoms with van der Waals surface area (Å²) in [5, 5.41) is 0.